The normalized spacial score (nSPS) is 12.2. The topological polar surface area (TPSA) is 64.6 Å². The highest BCUT2D eigenvalue weighted by atomic mass is 35.5. The highest BCUT2D eigenvalue weighted by Gasteiger charge is 2.31. The highest BCUT2D eigenvalue weighted by molar-refractivity contribution is 6.33. The third kappa shape index (κ3) is 5.37. The largest absolute Gasteiger partial charge is 0.497 e. The third-order valence-corrected chi connectivity index (χ3v) is 3.84. The fourth-order valence-electron chi connectivity index (χ4n) is 2.06. The van der Waals surface area contributed by atoms with Crippen LogP contribution in [0.5, 0.6) is 5.75 Å². The molecular formula is C18H15ClF3NO4. The fraction of sp³-hybridized carbons (Fsp3) is 0.222. The van der Waals surface area contributed by atoms with Gasteiger partial charge in [0.15, 0.2) is 6.10 Å². The molecule has 2 aromatic carbocycles. The van der Waals surface area contributed by atoms with Gasteiger partial charge in [-0.1, -0.05) is 17.7 Å². The zero-order valence-electron chi connectivity index (χ0n) is 14.3. The monoisotopic (exact) mass is 401 g/mol. The second-order valence-electron chi connectivity index (χ2n) is 5.46. The molecule has 1 atom stereocenters. The molecule has 144 valence electrons. The fourth-order valence-corrected chi connectivity index (χ4v) is 2.23. The molecule has 1 N–H and O–H groups in total. The zero-order chi connectivity index (χ0) is 20.2. The number of carbonyl (C=O) groups excluding carboxylic acids is 2. The molecule has 0 saturated carbocycles. The number of methoxy groups -OCH3 is 1. The van der Waals surface area contributed by atoms with Gasteiger partial charge in [-0.25, -0.2) is 4.79 Å². The number of carbonyl (C=O) groups is 2. The number of esters is 1. The first kappa shape index (κ1) is 20.6. The number of halogens is 4. The van der Waals surface area contributed by atoms with Crippen LogP contribution in [0, 0.1) is 0 Å². The van der Waals surface area contributed by atoms with E-state index in [4.69, 9.17) is 21.1 Å². The molecule has 0 aliphatic heterocycles. The Morgan fingerprint density at radius 1 is 1.15 bits per heavy atom. The molecule has 0 spiro atoms. The summed E-state index contributed by atoms with van der Waals surface area (Å²) in [4.78, 5) is 24.3. The zero-order valence-corrected chi connectivity index (χ0v) is 15.0. The summed E-state index contributed by atoms with van der Waals surface area (Å²) in [6.45, 7) is 1.29. The second kappa shape index (κ2) is 8.30. The van der Waals surface area contributed by atoms with Gasteiger partial charge in [0, 0.05) is 0 Å². The molecule has 0 fully saturated rings. The van der Waals surface area contributed by atoms with Crippen LogP contribution in [0.15, 0.2) is 42.5 Å². The number of hydrogen-bond donors (Lipinski definition) is 1. The van der Waals surface area contributed by atoms with Crippen LogP contribution in [-0.2, 0) is 15.7 Å². The first-order valence-electron chi connectivity index (χ1n) is 7.64. The van der Waals surface area contributed by atoms with Gasteiger partial charge in [0.1, 0.15) is 5.75 Å². The molecule has 0 heterocycles. The molecule has 27 heavy (non-hydrogen) atoms. The van der Waals surface area contributed by atoms with Crippen LogP contribution in [0.1, 0.15) is 22.8 Å². The molecule has 0 saturated heterocycles. The molecule has 0 aromatic heterocycles. The number of amides is 1. The summed E-state index contributed by atoms with van der Waals surface area (Å²) in [6.07, 6.45) is -5.86. The molecule has 0 unspecified atom stereocenters. The third-order valence-electron chi connectivity index (χ3n) is 3.51. The van der Waals surface area contributed by atoms with Crippen molar-refractivity contribution < 1.29 is 32.2 Å². The molecule has 0 aliphatic rings. The lowest BCUT2D eigenvalue weighted by Gasteiger charge is -2.15. The number of alkyl halides is 3. The van der Waals surface area contributed by atoms with Crippen molar-refractivity contribution in [1.82, 2.24) is 0 Å². The lowest BCUT2D eigenvalue weighted by Crippen LogP contribution is -2.30. The highest BCUT2D eigenvalue weighted by Crippen LogP contribution is 2.33. The first-order chi connectivity index (χ1) is 12.6. The lowest BCUT2D eigenvalue weighted by molar-refractivity contribution is -0.137. The van der Waals surface area contributed by atoms with Gasteiger partial charge < -0.3 is 14.8 Å². The Morgan fingerprint density at radius 3 is 2.48 bits per heavy atom. The molecule has 0 bridgehead atoms. The number of rotatable bonds is 5. The lowest BCUT2D eigenvalue weighted by atomic mass is 10.2. The average molecular weight is 402 g/mol. The van der Waals surface area contributed by atoms with Crippen molar-refractivity contribution in [2.24, 2.45) is 0 Å². The van der Waals surface area contributed by atoms with Crippen molar-refractivity contribution >= 4 is 29.2 Å². The van der Waals surface area contributed by atoms with E-state index < -0.39 is 29.7 Å². The maximum Gasteiger partial charge on any atom is 0.416 e. The van der Waals surface area contributed by atoms with Gasteiger partial charge in [-0.05, 0) is 43.3 Å². The second-order valence-corrected chi connectivity index (χ2v) is 5.87. The van der Waals surface area contributed by atoms with Crippen molar-refractivity contribution in [1.29, 1.82) is 0 Å². The van der Waals surface area contributed by atoms with E-state index in [0.29, 0.717) is 11.8 Å². The Labute approximate surface area is 158 Å². The molecule has 1 amide bonds. The van der Waals surface area contributed by atoms with Crippen LogP contribution in [0.4, 0.5) is 18.9 Å². The molecule has 5 nitrogen and oxygen atoms in total. The summed E-state index contributed by atoms with van der Waals surface area (Å²) < 4.78 is 48.4. The van der Waals surface area contributed by atoms with Crippen LogP contribution in [0.3, 0.4) is 0 Å². The Balaban J connectivity index is 2.08. The minimum absolute atomic E-state index is 0.0809. The van der Waals surface area contributed by atoms with Gasteiger partial charge in [-0.3, -0.25) is 4.79 Å². The molecule has 2 aromatic rings. The maximum absolute atomic E-state index is 12.8. The summed E-state index contributed by atoms with van der Waals surface area (Å²) in [5.74, 6) is -1.18. The van der Waals surface area contributed by atoms with Gasteiger partial charge in [0.05, 0.1) is 28.9 Å². The summed E-state index contributed by atoms with van der Waals surface area (Å²) in [7, 11) is 1.43. The number of anilines is 1. The maximum atomic E-state index is 12.8. The Hall–Kier alpha value is -2.74. The molecule has 9 heteroatoms. The SMILES string of the molecule is COc1cccc(C(=O)O[C@H](C)C(=O)Nc2cc(C(F)(F)F)ccc2Cl)c1. The minimum atomic E-state index is -4.59. The van der Waals surface area contributed by atoms with Crippen molar-refractivity contribution in [2.45, 2.75) is 19.2 Å². The van der Waals surface area contributed by atoms with Gasteiger partial charge in [0.25, 0.3) is 5.91 Å². The van der Waals surface area contributed by atoms with E-state index in [9.17, 15) is 22.8 Å². The smallest absolute Gasteiger partial charge is 0.416 e. The Bertz CT molecular complexity index is 855. The van der Waals surface area contributed by atoms with E-state index in [1.807, 2.05) is 0 Å². The van der Waals surface area contributed by atoms with Crippen molar-refractivity contribution in [2.75, 3.05) is 12.4 Å². The first-order valence-corrected chi connectivity index (χ1v) is 8.02. The summed E-state index contributed by atoms with van der Waals surface area (Å²) >= 11 is 5.83. The van der Waals surface area contributed by atoms with E-state index in [1.165, 1.54) is 26.2 Å². The van der Waals surface area contributed by atoms with Crippen molar-refractivity contribution in [3.8, 4) is 5.75 Å². The van der Waals surface area contributed by atoms with Gasteiger partial charge in [-0.15, -0.1) is 0 Å². The van der Waals surface area contributed by atoms with Crippen LogP contribution < -0.4 is 10.1 Å². The van der Waals surface area contributed by atoms with E-state index in [2.05, 4.69) is 5.32 Å². The van der Waals surface area contributed by atoms with Gasteiger partial charge >= 0.3 is 12.1 Å². The number of benzene rings is 2. The Kier molecular flexibility index (Phi) is 6.32. The predicted molar refractivity (Wildman–Crippen MR) is 93.0 cm³/mol. The summed E-state index contributed by atoms with van der Waals surface area (Å²) in [5.41, 5.74) is -1.05. The van der Waals surface area contributed by atoms with Gasteiger partial charge in [0.2, 0.25) is 0 Å². The standard InChI is InChI=1S/C18H15ClF3NO4/c1-10(27-17(25)11-4-3-5-13(8-11)26-2)16(24)23-15-9-12(18(20,21)22)6-7-14(15)19/h3-10H,1-2H3,(H,23,24)/t10-/m1/s1. The number of ether oxygens (including phenoxy) is 2. The molecule has 0 radical (unpaired) electrons. The van der Waals surface area contributed by atoms with Crippen LogP contribution in [0.25, 0.3) is 0 Å². The molecule has 0 aliphatic carbocycles. The average Bonchev–Trinajstić information content (AvgIpc) is 2.62. The Morgan fingerprint density at radius 2 is 1.85 bits per heavy atom. The van der Waals surface area contributed by atoms with E-state index in [1.54, 1.807) is 12.1 Å². The quantitative estimate of drug-likeness (QED) is 0.746. The van der Waals surface area contributed by atoms with Crippen LogP contribution in [0.2, 0.25) is 5.02 Å². The van der Waals surface area contributed by atoms with E-state index >= 15 is 0 Å². The van der Waals surface area contributed by atoms with E-state index in [-0.39, 0.29) is 16.3 Å². The van der Waals surface area contributed by atoms with Crippen molar-refractivity contribution in [3.63, 3.8) is 0 Å². The number of hydrogen-bond acceptors (Lipinski definition) is 4. The summed E-state index contributed by atoms with van der Waals surface area (Å²) in [6, 6.07) is 8.62. The summed E-state index contributed by atoms with van der Waals surface area (Å²) in [5, 5.41) is 2.15. The van der Waals surface area contributed by atoms with Crippen LogP contribution in [-0.4, -0.2) is 25.1 Å². The van der Waals surface area contributed by atoms with Gasteiger partial charge in [-0.2, -0.15) is 13.2 Å². The van der Waals surface area contributed by atoms with E-state index in [0.717, 1.165) is 12.1 Å². The molecule has 2 rings (SSSR count). The van der Waals surface area contributed by atoms with Crippen LogP contribution >= 0.6 is 11.6 Å². The predicted octanol–water partition coefficient (Wildman–Crippen LogP) is 4.55. The minimum Gasteiger partial charge on any atom is -0.497 e. The molecular weight excluding hydrogens is 387 g/mol. The number of nitrogens with one attached hydrogen (secondary N) is 1. The van der Waals surface area contributed by atoms with Crippen molar-refractivity contribution in [3.05, 3.63) is 58.6 Å².